The average Bonchev–Trinajstić information content (AvgIpc) is 2.34. The number of nitrogens with one attached hydrogen (secondary N) is 1. The summed E-state index contributed by atoms with van der Waals surface area (Å²) in [5, 5.41) is 13.4. The summed E-state index contributed by atoms with van der Waals surface area (Å²) in [6.45, 7) is 9.22. The Morgan fingerprint density at radius 3 is 2.37 bits per heavy atom. The van der Waals surface area contributed by atoms with Gasteiger partial charge in [0.1, 0.15) is 5.75 Å². The van der Waals surface area contributed by atoms with E-state index in [0.29, 0.717) is 17.9 Å². The Labute approximate surface area is 116 Å². The fourth-order valence-electron chi connectivity index (χ4n) is 3.02. The Kier molecular flexibility index (Phi) is 3.88. The van der Waals surface area contributed by atoms with Gasteiger partial charge in [-0.05, 0) is 37.0 Å². The van der Waals surface area contributed by atoms with Gasteiger partial charge in [0.05, 0.1) is 6.10 Å². The molecule has 0 aliphatic heterocycles. The number of benzene rings is 1. The SMILES string of the molecule is COC1CC(NCc2cc(C)c(O)c(C)c2)C1(C)C. The second-order valence-electron chi connectivity index (χ2n) is 6.29. The summed E-state index contributed by atoms with van der Waals surface area (Å²) in [6.07, 6.45) is 1.42. The van der Waals surface area contributed by atoms with Crippen molar-refractivity contribution in [1.29, 1.82) is 0 Å². The summed E-state index contributed by atoms with van der Waals surface area (Å²) in [5.74, 6) is 0.409. The van der Waals surface area contributed by atoms with E-state index in [1.807, 2.05) is 13.8 Å². The lowest BCUT2D eigenvalue weighted by molar-refractivity contribution is -0.0979. The van der Waals surface area contributed by atoms with Gasteiger partial charge in [-0.15, -0.1) is 0 Å². The van der Waals surface area contributed by atoms with E-state index in [1.54, 1.807) is 7.11 Å². The third-order valence-corrected chi connectivity index (χ3v) is 4.57. The highest BCUT2D eigenvalue weighted by atomic mass is 16.5. The molecule has 0 spiro atoms. The van der Waals surface area contributed by atoms with Gasteiger partial charge in [-0.3, -0.25) is 0 Å². The lowest BCUT2D eigenvalue weighted by atomic mass is 9.64. The predicted octanol–water partition coefficient (Wildman–Crippen LogP) is 2.91. The minimum absolute atomic E-state index is 0.190. The number of rotatable bonds is 4. The molecule has 0 bridgehead atoms. The molecule has 0 radical (unpaired) electrons. The average molecular weight is 263 g/mol. The van der Waals surface area contributed by atoms with Crippen LogP contribution in [0.2, 0.25) is 0 Å². The maximum Gasteiger partial charge on any atom is 0.121 e. The summed E-state index contributed by atoms with van der Waals surface area (Å²) in [7, 11) is 1.79. The molecule has 0 amide bonds. The highest BCUT2D eigenvalue weighted by molar-refractivity contribution is 5.42. The molecule has 0 heterocycles. The predicted molar refractivity (Wildman–Crippen MR) is 77.4 cm³/mol. The van der Waals surface area contributed by atoms with E-state index in [4.69, 9.17) is 4.74 Å². The minimum atomic E-state index is 0.190. The number of aromatic hydroxyl groups is 1. The molecule has 2 rings (SSSR count). The normalized spacial score (nSPS) is 25.1. The molecular formula is C16H25NO2. The maximum atomic E-state index is 9.78. The molecule has 0 saturated heterocycles. The number of phenols is 1. The molecule has 0 aromatic heterocycles. The molecule has 1 aromatic rings. The first-order valence-electron chi connectivity index (χ1n) is 6.91. The zero-order valence-corrected chi connectivity index (χ0v) is 12.6. The Morgan fingerprint density at radius 1 is 1.32 bits per heavy atom. The quantitative estimate of drug-likeness (QED) is 0.877. The van der Waals surface area contributed by atoms with Gasteiger partial charge in [0.2, 0.25) is 0 Å². The summed E-state index contributed by atoms with van der Waals surface area (Å²) >= 11 is 0. The van der Waals surface area contributed by atoms with Crippen molar-refractivity contribution in [3.05, 3.63) is 28.8 Å². The van der Waals surface area contributed by atoms with Crippen molar-refractivity contribution in [3.8, 4) is 5.75 Å². The van der Waals surface area contributed by atoms with Crippen LogP contribution in [0, 0.1) is 19.3 Å². The van der Waals surface area contributed by atoms with Crippen molar-refractivity contribution in [3.63, 3.8) is 0 Å². The van der Waals surface area contributed by atoms with Gasteiger partial charge in [-0.1, -0.05) is 26.0 Å². The van der Waals surface area contributed by atoms with Crippen LogP contribution in [0.5, 0.6) is 5.75 Å². The standard InChI is InChI=1S/C16H25NO2/c1-10-6-12(7-11(2)15(10)18)9-17-13-8-14(19-5)16(13,3)4/h6-7,13-14,17-18H,8-9H2,1-5H3. The van der Waals surface area contributed by atoms with Crippen LogP contribution < -0.4 is 5.32 Å². The van der Waals surface area contributed by atoms with Crippen LogP contribution in [-0.2, 0) is 11.3 Å². The van der Waals surface area contributed by atoms with Crippen LogP contribution in [0.1, 0.15) is 37.0 Å². The lowest BCUT2D eigenvalue weighted by Crippen LogP contribution is -2.60. The van der Waals surface area contributed by atoms with Crippen LogP contribution in [0.4, 0.5) is 0 Å². The summed E-state index contributed by atoms with van der Waals surface area (Å²) in [5.41, 5.74) is 3.30. The zero-order valence-electron chi connectivity index (χ0n) is 12.6. The number of aryl methyl sites for hydroxylation is 2. The second kappa shape index (κ2) is 5.14. The Hall–Kier alpha value is -1.06. The lowest BCUT2D eigenvalue weighted by Gasteiger charge is -2.51. The van der Waals surface area contributed by atoms with Crippen LogP contribution in [0.3, 0.4) is 0 Å². The third-order valence-electron chi connectivity index (χ3n) is 4.57. The Morgan fingerprint density at radius 2 is 1.89 bits per heavy atom. The van der Waals surface area contributed by atoms with Crippen LogP contribution in [-0.4, -0.2) is 24.4 Å². The van der Waals surface area contributed by atoms with E-state index >= 15 is 0 Å². The van der Waals surface area contributed by atoms with Crippen molar-refractivity contribution >= 4 is 0 Å². The molecule has 1 aliphatic carbocycles. The van der Waals surface area contributed by atoms with Gasteiger partial charge in [0, 0.05) is 25.1 Å². The molecule has 1 aromatic carbocycles. The van der Waals surface area contributed by atoms with E-state index in [9.17, 15) is 5.11 Å². The molecule has 1 saturated carbocycles. The molecule has 19 heavy (non-hydrogen) atoms. The van der Waals surface area contributed by atoms with Gasteiger partial charge >= 0.3 is 0 Å². The van der Waals surface area contributed by atoms with Crippen molar-refractivity contribution in [2.45, 2.75) is 52.8 Å². The zero-order chi connectivity index (χ0) is 14.2. The molecule has 1 fully saturated rings. The molecule has 2 N–H and O–H groups in total. The molecule has 106 valence electrons. The van der Waals surface area contributed by atoms with E-state index in [2.05, 4.69) is 31.3 Å². The first-order chi connectivity index (χ1) is 8.86. The summed E-state index contributed by atoms with van der Waals surface area (Å²) in [4.78, 5) is 0. The number of hydrogen-bond donors (Lipinski definition) is 2. The van der Waals surface area contributed by atoms with E-state index in [1.165, 1.54) is 5.56 Å². The molecule has 2 atom stereocenters. The molecule has 3 nitrogen and oxygen atoms in total. The van der Waals surface area contributed by atoms with Crippen molar-refractivity contribution < 1.29 is 9.84 Å². The van der Waals surface area contributed by atoms with Crippen LogP contribution in [0.15, 0.2) is 12.1 Å². The number of hydrogen-bond acceptors (Lipinski definition) is 3. The van der Waals surface area contributed by atoms with Gasteiger partial charge in [0.15, 0.2) is 0 Å². The Balaban J connectivity index is 1.97. The second-order valence-corrected chi connectivity index (χ2v) is 6.29. The summed E-state index contributed by atoms with van der Waals surface area (Å²) in [6, 6.07) is 4.59. The largest absolute Gasteiger partial charge is 0.507 e. The van der Waals surface area contributed by atoms with Crippen LogP contribution in [0.25, 0.3) is 0 Å². The van der Waals surface area contributed by atoms with Gasteiger partial charge < -0.3 is 15.2 Å². The Bertz CT molecular complexity index is 445. The first kappa shape index (κ1) is 14.4. The van der Waals surface area contributed by atoms with Crippen LogP contribution >= 0.6 is 0 Å². The highest BCUT2D eigenvalue weighted by Gasteiger charge is 2.48. The van der Waals surface area contributed by atoms with Gasteiger partial charge in [-0.25, -0.2) is 0 Å². The summed E-state index contributed by atoms with van der Waals surface area (Å²) < 4.78 is 5.46. The van der Waals surface area contributed by atoms with E-state index < -0.39 is 0 Å². The maximum absolute atomic E-state index is 9.78. The topological polar surface area (TPSA) is 41.5 Å². The van der Waals surface area contributed by atoms with Gasteiger partial charge in [-0.2, -0.15) is 0 Å². The van der Waals surface area contributed by atoms with Crippen molar-refractivity contribution in [2.24, 2.45) is 5.41 Å². The molecule has 2 unspecified atom stereocenters. The molecule has 3 heteroatoms. The fraction of sp³-hybridized carbons (Fsp3) is 0.625. The van der Waals surface area contributed by atoms with Crippen molar-refractivity contribution in [2.75, 3.05) is 7.11 Å². The number of methoxy groups -OCH3 is 1. The minimum Gasteiger partial charge on any atom is -0.507 e. The third kappa shape index (κ3) is 2.63. The fourth-order valence-corrected chi connectivity index (χ4v) is 3.02. The monoisotopic (exact) mass is 263 g/mol. The molecular weight excluding hydrogens is 238 g/mol. The first-order valence-corrected chi connectivity index (χ1v) is 6.91. The molecule has 1 aliphatic rings. The smallest absolute Gasteiger partial charge is 0.121 e. The van der Waals surface area contributed by atoms with Gasteiger partial charge in [0.25, 0.3) is 0 Å². The highest BCUT2D eigenvalue weighted by Crippen LogP contribution is 2.42. The van der Waals surface area contributed by atoms with E-state index in [-0.39, 0.29) is 5.41 Å². The van der Waals surface area contributed by atoms with E-state index in [0.717, 1.165) is 24.1 Å². The number of ether oxygens (including phenoxy) is 1. The van der Waals surface area contributed by atoms with Crippen molar-refractivity contribution in [1.82, 2.24) is 5.32 Å². The number of phenolic OH excluding ortho intramolecular Hbond substituents is 1.